The second-order valence-corrected chi connectivity index (χ2v) is 5.07. The minimum atomic E-state index is -1.12. The molecular weight excluding hydrogens is 238 g/mol. The standard InChI is InChI=1S/C11H21N3O4/c1-5-14(6-7(12)15)10(18)13-8(9(16)17)11(2,3)4/h8H,5-6H2,1-4H3,(H2,12,15)(H,13,18)(H,16,17). The van der Waals surface area contributed by atoms with Crippen LogP contribution in [-0.4, -0.2) is 47.0 Å². The van der Waals surface area contributed by atoms with Gasteiger partial charge in [0.05, 0.1) is 0 Å². The van der Waals surface area contributed by atoms with Gasteiger partial charge in [-0.05, 0) is 12.3 Å². The van der Waals surface area contributed by atoms with Crippen molar-refractivity contribution in [3.05, 3.63) is 0 Å². The molecule has 0 spiro atoms. The Morgan fingerprint density at radius 1 is 1.33 bits per heavy atom. The summed E-state index contributed by atoms with van der Waals surface area (Å²) in [7, 11) is 0. The van der Waals surface area contributed by atoms with Gasteiger partial charge in [0.25, 0.3) is 0 Å². The largest absolute Gasteiger partial charge is 0.480 e. The normalized spacial score (nSPS) is 12.7. The zero-order valence-corrected chi connectivity index (χ0v) is 11.2. The highest BCUT2D eigenvalue weighted by molar-refractivity contribution is 5.86. The van der Waals surface area contributed by atoms with Crippen LogP contribution in [0.4, 0.5) is 4.79 Å². The number of carboxylic acid groups (broad SMARTS) is 1. The SMILES string of the molecule is CCN(CC(N)=O)C(=O)NC(C(=O)O)C(C)(C)C. The fraction of sp³-hybridized carbons (Fsp3) is 0.727. The van der Waals surface area contributed by atoms with E-state index in [1.54, 1.807) is 27.7 Å². The minimum absolute atomic E-state index is 0.237. The fourth-order valence-corrected chi connectivity index (χ4v) is 1.38. The zero-order valence-electron chi connectivity index (χ0n) is 11.2. The first kappa shape index (κ1) is 16.2. The summed E-state index contributed by atoms with van der Waals surface area (Å²) in [6.45, 7) is 6.82. The van der Waals surface area contributed by atoms with Gasteiger partial charge in [0.15, 0.2) is 0 Å². The lowest BCUT2D eigenvalue weighted by Gasteiger charge is -2.30. The number of nitrogens with one attached hydrogen (secondary N) is 1. The van der Waals surface area contributed by atoms with E-state index >= 15 is 0 Å². The number of carboxylic acids is 1. The number of nitrogens with zero attached hydrogens (tertiary/aromatic N) is 1. The minimum Gasteiger partial charge on any atom is -0.480 e. The molecule has 0 heterocycles. The molecule has 0 saturated carbocycles. The molecule has 104 valence electrons. The lowest BCUT2D eigenvalue weighted by Crippen LogP contribution is -2.54. The molecule has 0 saturated heterocycles. The van der Waals surface area contributed by atoms with Crippen molar-refractivity contribution in [2.24, 2.45) is 11.1 Å². The number of hydrogen-bond donors (Lipinski definition) is 3. The Balaban J connectivity index is 4.78. The zero-order chi connectivity index (χ0) is 14.5. The Hall–Kier alpha value is -1.79. The molecule has 0 aromatic rings. The van der Waals surface area contributed by atoms with Crippen LogP contribution in [0.15, 0.2) is 0 Å². The molecule has 18 heavy (non-hydrogen) atoms. The maximum absolute atomic E-state index is 11.8. The first-order valence-corrected chi connectivity index (χ1v) is 5.66. The molecular formula is C11H21N3O4. The van der Waals surface area contributed by atoms with Crippen molar-refractivity contribution >= 4 is 17.9 Å². The Morgan fingerprint density at radius 3 is 2.11 bits per heavy atom. The van der Waals surface area contributed by atoms with Crippen LogP contribution in [0, 0.1) is 5.41 Å². The van der Waals surface area contributed by atoms with Gasteiger partial charge in [-0.1, -0.05) is 20.8 Å². The molecule has 0 aromatic carbocycles. The van der Waals surface area contributed by atoms with E-state index in [0.717, 1.165) is 4.90 Å². The van der Waals surface area contributed by atoms with Gasteiger partial charge in [0.2, 0.25) is 5.91 Å². The highest BCUT2D eigenvalue weighted by Crippen LogP contribution is 2.19. The van der Waals surface area contributed by atoms with Gasteiger partial charge in [0.1, 0.15) is 12.6 Å². The molecule has 0 aliphatic rings. The Labute approximate surface area is 106 Å². The smallest absolute Gasteiger partial charge is 0.326 e. The molecule has 0 radical (unpaired) electrons. The number of likely N-dealkylation sites (N-methyl/N-ethyl adjacent to an activating group) is 1. The van der Waals surface area contributed by atoms with Crippen molar-refractivity contribution in [3.8, 4) is 0 Å². The summed E-state index contributed by atoms with van der Waals surface area (Å²) in [6, 6.07) is -1.65. The average molecular weight is 259 g/mol. The van der Waals surface area contributed by atoms with Gasteiger partial charge in [-0.3, -0.25) is 4.79 Å². The van der Waals surface area contributed by atoms with Gasteiger partial charge in [0, 0.05) is 6.54 Å². The van der Waals surface area contributed by atoms with E-state index in [4.69, 9.17) is 10.8 Å². The number of carbonyl (C=O) groups excluding carboxylic acids is 2. The van der Waals surface area contributed by atoms with E-state index in [2.05, 4.69) is 5.32 Å². The Kier molecular flexibility index (Phi) is 5.61. The summed E-state index contributed by atoms with van der Waals surface area (Å²) < 4.78 is 0. The van der Waals surface area contributed by atoms with Crippen LogP contribution < -0.4 is 11.1 Å². The predicted octanol–water partition coefficient (Wildman–Crippen LogP) is 0.00250. The number of amides is 3. The Bertz CT molecular complexity index is 336. The fourth-order valence-electron chi connectivity index (χ4n) is 1.38. The van der Waals surface area contributed by atoms with Gasteiger partial charge in [-0.2, -0.15) is 0 Å². The molecule has 7 nitrogen and oxygen atoms in total. The molecule has 7 heteroatoms. The first-order chi connectivity index (χ1) is 8.09. The maximum Gasteiger partial charge on any atom is 0.326 e. The van der Waals surface area contributed by atoms with E-state index in [1.165, 1.54) is 0 Å². The van der Waals surface area contributed by atoms with Crippen LogP contribution in [0.5, 0.6) is 0 Å². The third kappa shape index (κ3) is 5.03. The maximum atomic E-state index is 11.8. The monoisotopic (exact) mass is 259 g/mol. The summed E-state index contributed by atoms with van der Waals surface area (Å²) in [5.74, 6) is -1.76. The van der Waals surface area contributed by atoms with Crippen molar-refractivity contribution in [1.29, 1.82) is 0 Å². The van der Waals surface area contributed by atoms with Crippen molar-refractivity contribution < 1.29 is 19.5 Å². The summed E-state index contributed by atoms with van der Waals surface area (Å²) in [4.78, 5) is 34.8. The molecule has 0 aromatic heterocycles. The van der Waals surface area contributed by atoms with Gasteiger partial charge >= 0.3 is 12.0 Å². The third-order valence-electron chi connectivity index (χ3n) is 2.40. The molecule has 0 bridgehead atoms. The lowest BCUT2D eigenvalue weighted by atomic mass is 9.87. The number of urea groups is 1. The van der Waals surface area contributed by atoms with Crippen molar-refractivity contribution in [2.75, 3.05) is 13.1 Å². The number of carbonyl (C=O) groups is 3. The van der Waals surface area contributed by atoms with Crippen LogP contribution >= 0.6 is 0 Å². The number of primary amides is 1. The van der Waals surface area contributed by atoms with Gasteiger partial charge < -0.3 is 21.1 Å². The molecule has 1 atom stereocenters. The predicted molar refractivity (Wildman–Crippen MR) is 65.9 cm³/mol. The number of aliphatic carboxylic acids is 1. The second kappa shape index (κ2) is 6.23. The van der Waals surface area contributed by atoms with E-state index in [-0.39, 0.29) is 13.1 Å². The Morgan fingerprint density at radius 2 is 1.83 bits per heavy atom. The van der Waals surface area contributed by atoms with Crippen LogP contribution in [-0.2, 0) is 9.59 Å². The second-order valence-electron chi connectivity index (χ2n) is 5.07. The highest BCUT2D eigenvalue weighted by atomic mass is 16.4. The molecule has 0 fully saturated rings. The quantitative estimate of drug-likeness (QED) is 0.645. The van der Waals surface area contributed by atoms with Gasteiger partial charge in [-0.25, -0.2) is 9.59 Å². The molecule has 3 amide bonds. The molecule has 0 aliphatic heterocycles. The number of hydrogen-bond acceptors (Lipinski definition) is 3. The number of rotatable bonds is 5. The molecule has 0 rings (SSSR count). The summed E-state index contributed by atoms with van der Waals surface area (Å²) >= 11 is 0. The average Bonchev–Trinajstić information content (AvgIpc) is 2.19. The van der Waals surface area contributed by atoms with Crippen molar-refractivity contribution in [1.82, 2.24) is 10.2 Å². The number of nitrogens with two attached hydrogens (primary N) is 1. The van der Waals surface area contributed by atoms with Crippen molar-refractivity contribution in [2.45, 2.75) is 33.7 Å². The lowest BCUT2D eigenvalue weighted by molar-refractivity contribution is -0.142. The van der Waals surface area contributed by atoms with Crippen LogP contribution in [0.2, 0.25) is 0 Å². The summed E-state index contributed by atoms with van der Waals surface area (Å²) in [5.41, 5.74) is 4.37. The first-order valence-electron chi connectivity index (χ1n) is 5.66. The van der Waals surface area contributed by atoms with Gasteiger partial charge in [-0.15, -0.1) is 0 Å². The van der Waals surface area contributed by atoms with E-state index < -0.39 is 29.4 Å². The highest BCUT2D eigenvalue weighted by Gasteiger charge is 2.33. The van der Waals surface area contributed by atoms with E-state index in [1.807, 2.05) is 0 Å². The van der Waals surface area contributed by atoms with Crippen LogP contribution in [0.3, 0.4) is 0 Å². The summed E-state index contributed by atoms with van der Waals surface area (Å²) in [6.07, 6.45) is 0. The van der Waals surface area contributed by atoms with E-state index in [9.17, 15) is 14.4 Å². The topological polar surface area (TPSA) is 113 Å². The molecule has 1 unspecified atom stereocenters. The van der Waals surface area contributed by atoms with E-state index in [0.29, 0.717) is 0 Å². The molecule has 4 N–H and O–H groups in total. The summed E-state index contributed by atoms with van der Waals surface area (Å²) in [5, 5.41) is 11.5. The van der Waals surface area contributed by atoms with Crippen LogP contribution in [0.25, 0.3) is 0 Å². The van der Waals surface area contributed by atoms with Crippen LogP contribution in [0.1, 0.15) is 27.7 Å². The third-order valence-corrected chi connectivity index (χ3v) is 2.40. The molecule has 0 aliphatic carbocycles. The van der Waals surface area contributed by atoms with Crippen molar-refractivity contribution in [3.63, 3.8) is 0 Å².